The Morgan fingerprint density at radius 3 is 2.65 bits per heavy atom. The zero-order valence-corrected chi connectivity index (χ0v) is 10.5. The molecule has 2 aromatic rings. The number of amides is 1. The number of aromatic nitrogens is 2. The quantitative estimate of drug-likeness (QED) is 0.873. The van der Waals surface area contributed by atoms with Gasteiger partial charge >= 0.3 is 5.97 Å². The number of rotatable bonds is 4. The molecule has 2 aromatic heterocycles. The first kappa shape index (κ1) is 13.5. The average Bonchev–Trinajstić information content (AvgIpc) is 2.47. The van der Waals surface area contributed by atoms with E-state index in [9.17, 15) is 9.59 Å². The Hall–Kier alpha value is -2.96. The van der Waals surface area contributed by atoms with E-state index in [4.69, 9.17) is 9.84 Å². The second-order valence-electron chi connectivity index (χ2n) is 3.75. The Bertz CT molecular complexity index is 640. The summed E-state index contributed by atoms with van der Waals surface area (Å²) in [5, 5.41) is 11.3. The highest BCUT2D eigenvalue weighted by molar-refractivity contribution is 6.05. The molecule has 0 radical (unpaired) electrons. The molecule has 20 heavy (non-hydrogen) atoms. The van der Waals surface area contributed by atoms with Crippen molar-refractivity contribution in [2.45, 2.75) is 0 Å². The van der Waals surface area contributed by atoms with Gasteiger partial charge < -0.3 is 15.2 Å². The molecule has 2 rings (SSSR count). The van der Waals surface area contributed by atoms with Crippen LogP contribution in [0, 0.1) is 0 Å². The Morgan fingerprint density at radius 2 is 2.05 bits per heavy atom. The summed E-state index contributed by atoms with van der Waals surface area (Å²) in [5.41, 5.74) is 0.560. The summed E-state index contributed by atoms with van der Waals surface area (Å²) in [6.07, 6.45) is 2.78. The first-order valence-corrected chi connectivity index (χ1v) is 5.61. The lowest BCUT2D eigenvalue weighted by Gasteiger charge is -2.07. The number of nitrogens with zero attached hydrogens (tertiary/aromatic N) is 2. The zero-order chi connectivity index (χ0) is 14.5. The molecule has 0 saturated heterocycles. The molecule has 0 aromatic carbocycles. The van der Waals surface area contributed by atoms with Gasteiger partial charge in [-0.25, -0.2) is 14.8 Å². The monoisotopic (exact) mass is 273 g/mol. The van der Waals surface area contributed by atoms with Gasteiger partial charge in [0, 0.05) is 6.20 Å². The van der Waals surface area contributed by atoms with E-state index in [1.165, 1.54) is 31.6 Å². The first-order valence-electron chi connectivity index (χ1n) is 5.61. The molecule has 102 valence electrons. The Labute approximate surface area is 114 Å². The van der Waals surface area contributed by atoms with E-state index in [-0.39, 0.29) is 17.1 Å². The van der Waals surface area contributed by atoms with E-state index in [1.807, 2.05) is 0 Å². The number of aromatic carboxylic acids is 1. The van der Waals surface area contributed by atoms with Crippen molar-refractivity contribution in [3.05, 3.63) is 47.9 Å². The van der Waals surface area contributed by atoms with Crippen LogP contribution < -0.4 is 10.1 Å². The molecule has 0 aliphatic carbocycles. The summed E-state index contributed by atoms with van der Waals surface area (Å²) in [4.78, 5) is 30.3. The van der Waals surface area contributed by atoms with Gasteiger partial charge in [-0.15, -0.1) is 0 Å². The topological polar surface area (TPSA) is 101 Å². The summed E-state index contributed by atoms with van der Waals surface area (Å²) >= 11 is 0. The maximum Gasteiger partial charge on any atom is 0.354 e. The molecule has 0 aliphatic rings. The lowest BCUT2D eigenvalue weighted by molar-refractivity contribution is 0.0690. The third-order valence-electron chi connectivity index (χ3n) is 2.45. The van der Waals surface area contributed by atoms with Gasteiger partial charge in [-0.3, -0.25) is 4.79 Å². The highest BCUT2D eigenvalue weighted by Gasteiger charge is 2.13. The highest BCUT2D eigenvalue weighted by Crippen LogP contribution is 2.16. The van der Waals surface area contributed by atoms with Crippen LogP contribution in [0.1, 0.15) is 20.8 Å². The fourth-order valence-corrected chi connectivity index (χ4v) is 1.52. The van der Waals surface area contributed by atoms with Gasteiger partial charge in [0.25, 0.3) is 5.91 Å². The molecule has 0 aliphatic heterocycles. The van der Waals surface area contributed by atoms with E-state index in [0.717, 1.165) is 0 Å². The van der Waals surface area contributed by atoms with Crippen LogP contribution in [0.2, 0.25) is 0 Å². The number of anilines is 1. The summed E-state index contributed by atoms with van der Waals surface area (Å²) in [6.45, 7) is 0. The number of carboxylic acids is 1. The predicted molar refractivity (Wildman–Crippen MR) is 69.9 cm³/mol. The number of nitrogens with one attached hydrogen (secondary N) is 1. The number of pyridine rings is 2. The van der Waals surface area contributed by atoms with Crippen LogP contribution >= 0.6 is 0 Å². The van der Waals surface area contributed by atoms with Crippen molar-refractivity contribution in [2.24, 2.45) is 0 Å². The minimum atomic E-state index is -1.13. The van der Waals surface area contributed by atoms with Crippen LogP contribution in [0.3, 0.4) is 0 Å². The molecule has 0 unspecified atom stereocenters. The van der Waals surface area contributed by atoms with E-state index in [0.29, 0.717) is 5.69 Å². The first-order chi connectivity index (χ1) is 9.61. The molecule has 7 nitrogen and oxygen atoms in total. The molecule has 0 saturated carbocycles. The average molecular weight is 273 g/mol. The molecule has 7 heteroatoms. The molecule has 1 amide bonds. The van der Waals surface area contributed by atoms with Crippen LogP contribution in [0.25, 0.3) is 0 Å². The third kappa shape index (κ3) is 2.89. The van der Waals surface area contributed by atoms with Crippen molar-refractivity contribution in [1.82, 2.24) is 9.97 Å². The maximum absolute atomic E-state index is 12.0. The molecular formula is C13H11N3O4. The highest BCUT2D eigenvalue weighted by atomic mass is 16.5. The number of carbonyl (C=O) groups is 2. The van der Waals surface area contributed by atoms with Crippen molar-refractivity contribution < 1.29 is 19.4 Å². The largest absolute Gasteiger partial charge is 0.480 e. The van der Waals surface area contributed by atoms with Gasteiger partial charge in [0.05, 0.1) is 19.0 Å². The van der Waals surface area contributed by atoms with Crippen LogP contribution in [0.15, 0.2) is 36.7 Å². The number of carbonyl (C=O) groups excluding carboxylic acids is 1. The second-order valence-corrected chi connectivity index (χ2v) is 3.75. The SMILES string of the molecule is COc1ncccc1C(=O)Nc1ccc(C(=O)O)nc1. The molecule has 0 spiro atoms. The fourth-order valence-electron chi connectivity index (χ4n) is 1.52. The van der Waals surface area contributed by atoms with E-state index in [1.54, 1.807) is 12.1 Å². The van der Waals surface area contributed by atoms with Gasteiger partial charge in [0.2, 0.25) is 5.88 Å². The lowest BCUT2D eigenvalue weighted by atomic mass is 10.2. The van der Waals surface area contributed by atoms with Crippen molar-refractivity contribution >= 4 is 17.6 Å². The Balaban J connectivity index is 2.17. The normalized spacial score (nSPS) is 9.85. The number of hydrogen-bond acceptors (Lipinski definition) is 5. The van der Waals surface area contributed by atoms with E-state index < -0.39 is 11.9 Å². The summed E-state index contributed by atoms with van der Waals surface area (Å²) in [7, 11) is 1.42. The van der Waals surface area contributed by atoms with Crippen LogP contribution in [0.4, 0.5) is 5.69 Å². The lowest BCUT2D eigenvalue weighted by Crippen LogP contribution is -2.14. The maximum atomic E-state index is 12.0. The number of hydrogen-bond donors (Lipinski definition) is 2. The van der Waals surface area contributed by atoms with Crippen molar-refractivity contribution in [3.8, 4) is 5.88 Å². The van der Waals surface area contributed by atoms with Crippen molar-refractivity contribution in [2.75, 3.05) is 12.4 Å². The van der Waals surface area contributed by atoms with Gasteiger partial charge in [-0.05, 0) is 24.3 Å². The molecule has 0 atom stereocenters. The standard InChI is InChI=1S/C13H11N3O4/c1-20-12-9(3-2-6-14-12)11(17)16-8-4-5-10(13(18)19)15-7-8/h2-7H,1H3,(H,16,17)(H,18,19). The molecule has 0 bridgehead atoms. The summed E-state index contributed by atoms with van der Waals surface area (Å²) < 4.78 is 4.99. The minimum absolute atomic E-state index is 0.0954. The predicted octanol–water partition coefficient (Wildman–Crippen LogP) is 1.44. The van der Waals surface area contributed by atoms with Gasteiger partial charge in [-0.2, -0.15) is 0 Å². The smallest absolute Gasteiger partial charge is 0.354 e. The third-order valence-corrected chi connectivity index (χ3v) is 2.45. The number of carboxylic acid groups (broad SMARTS) is 1. The molecule has 2 heterocycles. The van der Waals surface area contributed by atoms with E-state index >= 15 is 0 Å². The Morgan fingerprint density at radius 1 is 1.25 bits per heavy atom. The molecular weight excluding hydrogens is 262 g/mol. The van der Waals surface area contributed by atoms with E-state index in [2.05, 4.69) is 15.3 Å². The van der Waals surface area contributed by atoms with Crippen molar-refractivity contribution in [3.63, 3.8) is 0 Å². The number of methoxy groups -OCH3 is 1. The molecule has 0 fully saturated rings. The summed E-state index contributed by atoms with van der Waals surface area (Å²) in [5.74, 6) is -1.34. The zero-order valence-electron chi connectivity index (χ0n) is 10.5. The summed E-state index contributed by atoms with van der Waals surface area (Å²) in [6, 6.07) is 5.94. The van der Waals surface area contributed by atoms with Crippen LogP contribution in [-0.4, -0.2) is 34.1 Å². The van der Waals surface area contributed by atoms with Crippen LogP contribution in [0.5, 0.6) is 5.88 Å². The second kappa shape index (κ2) is 5.79. The van der Waals surface area contributed by atoms with Crippen LogP contribution in [-0.2, 0) is 0 Å². The Kier molecular flexibility index (Phi) is 3.90. The molecule has 2 N–H and O–H groups in total. The van der Waals surface area contributed by atoms with Gasteiger partial charge in [0.1, 0.15) is 11.3 Å². The van der Waals surface area contributed by atoms with Crippen molar-refractivity contribution in [1.29, 1.82) is 0 Å². The van der Waals surface area contributed by atoms with Gasteiger partial charge in [0.15, 0.2) is 0 Å². The number of ether oxygens (including phenoxy) is 1. The minimum Gasteiger partial charge on any atom is -0.480 e. The fraction of sp³-hybridized carbons (Fsp3) is 0.0769. The van der Waals surface area contributed by atoms with Gasteiger partial charge in [-0.1, -0.05) is 0 Å².